The maximum absolute atomic E-state index is 10.7. The normalized spacial score (nSPS) is 15.3. The van der Waals surface area contributed by atoms with Crippen LogP contribution in [-0.4, -0.2) is 44.7 Å². The number of rotatable bonds is 8. The molecule has 0 aromatic carbocycles. The number of aliphatic carboxylic acids is 2. The summed E-state index contributed by atoms with van der Waals surface area (Å²) in [4.78, 5) is 21.2. The lowest BCUT2D eigenvalue weighted by molar-refractivity contribution is -0.139. The Balaban J connectivity index is 3.96. The second-order valence-electron chi connectivity index (χ2n) is 4.06. The molecule has 0 rings (SSSR count). The van der Waals surface area contributed by atoms with E-state index in [9.17, 15) is 9.59 Å². The van der Waals surface area contributed by atoms with E-state index in [1.54, 1.807) is 13.8 Å². The van der Waals surface area contributed by atoms with E-state index in [0.29, 0.717) is 12.2 Å². The van der Waals surface area contributed by atoms with Crippen molar-refractivity contribution in [3.63, 3.8) is 0 Å². The van der Waals surface area contributed by atoms with Crippen LogP contribution in [-0.2, 0) is 9.59 Å². The highest BCUT2D eigenvalue weighted by Gasteiger charge is 2.33. The highest BCUT2D eigenvalue weighted by molar-refractivity contribution is 8.77. The highest BCUT2D eigenvalue weighted by Crippen LogP contribution is 2.37. The van der Waals surface area contributed by atoms with Crippen LogP contribution in [0.1, 0.15) is 20.3 Å². The zero-order valence-electron chi connectivity index (χ0n) is 9.75. The number of nitrogens with two attached hydrogens (primary N) is 2. The van der Waals surface area contributed by atoms with Gasteiger partial charge in [-0.05, 0) is 20.3 Å². The van der Waals surface area contributed by atoms with Crippen LogP contribution in [0.15, 0.2) is 0 Å². The van der Waals surface area contributed by atoms with Crippen molar-refractivity contribution in [3.8, 4) is 0 Å². The summed E-state index contributed by atoms with van der Waals surface area (Å²) in [5.41, 5.74) is 10.9. The average Bonchev–Trinajstić information content (AvgIpc) is 2.22. The van der Waals surface area contributed by atoms with Gasteiger partial charge in [-0.15, -0.1) is 0 Å². The van der Waals surface area contributed by atoms with Gasteiger partial charge in [0.2, 0.25) is 0 Å². The number of hydrogen-bond acceptors (Lipinski definition) is 6. The van der Waals surface area contributed by atoms with Crippen LogP contribution in [0, 0.1) is 0 Å². The Morgan fingerprint density at radius 3 is 2.18 bits per heavy atom. The summed E-state index contributed by atoms with van der Waals surface area (Å²) in [7, 11) is 2.71. The second-order valence-corrected chi connectivity index (χ2v) is 7.13. The molecule has 8 heteroatoms. The lowest BCUT2D eigenvalue weighted by Gasteiger charge is -2.27. The Labute approximate surface area is 108 Å². The van der Waals surface area contributed by atoms with Crippen molar-refractivity contribution >= 4 is 33.5 Å². The van der Waals surface area contributed by atoms with Crippen molar-refractivity contribution in [1.29, 1.82) is 0 Å². The third kappa shape index (κ3) is 6.16. The van der Waals surface area contributed by atoms with Gasteiger partial charge in [0, 0.05) is 10.5 Å². The first kappa shape index (κ1) is 16.6. The smallest absolute Gasteiger partial charge is 0.321 e. The van der Waals surface area contributed by atoms with Crippen LogP contribution in [0.2, 0.25) is 0 Å². The fraction of sp³-hybridized carbons (Fsp3) is 0.778. The van der Waals surface area contributed by atoms with Crippen molar-refractivity contribution < 1.29 is 19.8 Å². The zero-order chi connectivity index (χ0) is 13.6. The lowest BCUT2D eigenvalue weighted by atomic mass is 10.1. The van der Waals surface area contributed by atoms with Crippen LogP contribution in [0.25, 0.3) is 0 Å². The van der Waals surface area contributed by atoms with Crippen molar-refractivity contribution in [2.75, 3.05) is 5.75 Å². The van der Waals surface area contributed by atoms with Crippen molar-refractivity contribution in [2.45, 2.75) is 37.1 Å². The number of carboxylic acids is 2. The van der Waals surface area contributed by atoms with Gasteiger partial charge in [-0.2, -0.15) is 0 Å². The predicted molar refractivity (Wildman–Crippen MR) is 70.0 cm³/mol. The molecule has 0 radical (unpaired) electrons. The van der Waals surface area contributed by atoms with Crippen LogP contribution >= 0.6 is 21.6 Å². The number of carbonyl (C=O) groups is 2. The first-order valence-corrected chi connectivity index (χ1v) is 7.27. The molecule has 100 valence electrons. The van der Waals surface area contributed by atoms with Crippen LogP contribution in [0.4, 0.5) is 0 Å². The number of carboxylic acid groups (broad SMARTS) is 2. The highest BCUT2D eigenvalue weighted by atomic mass is 33.1. The topological polar surface area (TPSA) is 127 Å². The first-order valence-electron chi connectivity index (χ1n) is 4.96. The minimum Gasteiger partial charge on any atom is -0.480 e. The SMILES string of the molecule is CC(C)(SSCCC(N)C(=O)O)C(N)C(=O)O. The van der Waals surface area contributed by atoms with Gasteiger partial charge in [0.1, 0.15) is 12.1 Å². The van der Waals surface area contributed by atoms with Gasteiger partial charge in [-0.25, -0.2) is 0 Å². The second kappa shape index (κ2) is 7.10. The molecule has 0 saturated carbocycles. The molecule has 0 aromatic heterocycles. The third-order valence-corrected chi connectivity index (χ3v) is 5.46. The molecule has 0 spiro atoms. The zero-order valence-corrected chi connectivity index (χ0v) is 11.4. The summed E-state index contributed by atoms with van der Waals surface area (Å²) < 4.78 is -0.621. The first-order chi connectivity index (χ1) is 7.68. The van der Waals surface area contributed by atoms with Crippen molar-refractivity contribution in [2.24, 2.45) is 11.5 Å². The molecule has 0 aromatic rings. The van der Waals surface area contributed by atoms with E-state index < -0.39 is 28.8 Å². The monoisotopic (exact) mass is 282 g/mol. The molecular formula is C9H18N2O4S2. The Hall–Kier alpha value is -0.440. The number of hydrogen-bond donors (Lipinski definition) is 4. The summed E-state index contributed by atoms with van der Waals surface area (Å²) in [5, 5.41) is 17.4. The van der Waals surface area contributed by atoms with Gasteiger partial charge in [-0.1, -0.05) is 21.6 Å². The van der Waals surface area contributed by atoms with Gasteiger partial charge < -0.3 is 21.7 Å². The Morgan fingerprint density at radius 2 is 1.76 bits per heavy atom. The predicted octanol–water partition coefficient (Wildman–Crippen LogP) is 0.360. The van der Waals surface area contributed by atoms with Gasteiger partial charge in [0.05, 0.1) is 0 Å². The van der Waals surface area contributed by atoms with E-state index >= 15 is 0 Å². The molecule has 6 nitrogen and oxygen atoms in total. The van der Waals surface area contributed by atoms with Gasteiger partial charge in [0.25, 0.3) is 0 Å². The largest absolute Gasteiger partial charge is 0.480 e. The van der Waals surface area contributed by atoms with E-state index in [2.05, 4.69) is 0 Å². The summed E-state index contributed by atoms with van der Waals surface area (Å²) in [6.45, 7) is 3.47. The molecule has 0 aliphatic rings. The molecule has 0 aliphatic carbocycles. The van der Waals surface area contributed by atoms with Gasteiger partial charge in [0.15, 0.2) is 0 Å². The van der Waals surface area contributed by atoms with E-state index in [-0.39, 0.29) is 0 Å². The summed E-state index contributed by atoms with van der Waals surface area (Å²) >= 11 is 0. The Kier molecular flexibility index (Phi) is 6.91. The molecule has 0 heterocycles. The molecular weight excluding hydrogens is 264 g/mol. The van der Waals surface area contributed by atoms with E-state index in [1.165, 1.54) is 21.6 Å². The summed E-state index contributed by atoms with van der Waals surface area (Å²) in [5.74, 6) is -1.55. The Bertz CT molecular complexity index is 286. The maximum atomic E-state index is 10.7. The fourth-order valence-corrected chi connectivity index (χ4v) is 3.54. The molecule has 0 saturated heterocycles. The molecule has 0 amide bonds. The minimum absolute atomic E-state index is 0.339. The lowest BCUT2D eigenvalue weighted by Crippen LogP contribution is -2.46. The average molecular weight is 282 g/mol. The van der Waals surface area contributed by atoms with E-state index in [1.807, 2.05) is 0 Å². The molecule has 17 heavy (non-hydrogen) atoms. The Morgan fingerprint density at radius 1 is 1.24 bits per heavy atom. The van der Waals surface area contributed by atoms with Crippen LogP contribution < -0.4 is 11.5 Å². The van der Waals surface area contributed by atoms with E-state index in [0.717, 1.165) is 0 Å². The standard InChI is InChI=1S/C9H18N2O4S2/c1-9(2,6(11)8(14)15)17-16-4-3-5(10)7(12)13/h5-6H,3-4,10-11H2,1-2H3,(H,12,13)(H,14,15). The summed E-state index contributed by atoms with van der Waals surface area (Å²) in [6.07, 6.45) is 0.339. The van der Waals surface area contributed by atoms with Crippen molar-refractivity contribution in [1.82, 2.24) is 0 Å². The van der Waals surface area contributed by atoms with E-state index in [4.69, 9.17) is 21.7 Å². The van der Waals surface area contributed by atoms with Crippen LogP contribution in [0.5, 0.6) is 0 Å². The maximum Gasteiger partial charge on any atom is 0.321 e. The summed E-state index contributed by atoms with van der Waals surface area (Å²) in [6, 6.07) is -1.84. The minimum atomic E-state index is -1.05. The molecule has 0 bridgehead atoms. The molecule has 2 unspecified atom stereocenters. The molecule has 2 atom stereocenters. The van der Waals surface area contributed by atoms with Crippen LogP contribution in [0.3, 0.4) is 0 Å². The third-order valence-electron chi connectivity index (χ3n) is 2.12. The quantitative estimate of drug-likeness (QED) is 0.371. The van der Waals surface area contributed by atoms with Gasteiger partial charge in [-0.3, -0.25) is 9.59 Å². The fourth-order valence-electron chi connectivity index (χ4n) is 0.841. The van der Waals surface area contributed by atoms with Gasteiger partial charge >= 0.3 is 11.9 Å². The van der Waals surface area contributed by atoms with Crippen molar-refractivity contribution in [3.05, 3.63) is 0 Å². The molecule has 6 N–H and O–H groups in total. The molecule has 0 aliphatic heterocycles. The molecule has 0 fully saturated rings.